The molecule has 0 bridgehead atoms. The Kier molecular flexibility index (Phi) is 5.32. The zero-order valence-corrected chi connectivity index (χ0v) is 29.0. The second-order valence-electron chi connectivity index (χ2n) is 13.9. The lowest BCUT2D eigenvalue weighted by molar-refractivity contribution is 0.661. The largest absolute Gasteiger partial charge is 0.228 e. The average Bonchev–Trinajstić information content (AvgIpc) is 3.52. The molecular formula is C51H36N2. The van der Waals surface area contributed by atoms with E-state index in [9.17, 15) is 2.74 Å². The first-order chi connectivity index (χ1) is 29.8. The van der Waals surface area contributed by atoms with Crippen molar-refractivity contribution >= 4 is 21.5 Å². The highest BCUT2D eigenvalue weighted by Gasteiger charge is 2.37. The van der Waals surface area contributed by atoms with E-state index in [2.05, 4.69) is 86.6 Å². The van der Waals surface area contributed by atoms with Crippen molar-refractivity contribution in [3.63, 3.8) is 0 Å². The van der Waals surface area contributed by atoms with Crippen LogP contribution in [0.1, 0.15) is 37.3 Å². The van der Waals surface area contributed by atoms with Crippen LogP contribution in [0.3, 0.4) is 0 Å². The summed E-state index contributed by atoms with van der Waals surface area (Å²) >= 11 is 0. The van der Waals surface area contributed by atoms with E-state index in [0.717, 1.165) is 27.5 Å². The molecule has 53 heavy (non-hydrogen) atoms. The molecule has 10 rings (SSSR count). The minimum absolute atomic E-state index is 0.105. The molecule has 0 spiro atoms. The van der Waals surface area contributed by atoms with Gasteiger partial charge in [0, 0.05) is 22.1 Å². The molecule has 0 unspecified atom stereocenters. The Morgan fingerprint density at radius 2 is 1.06 bits per heavy atom. The van der Waals surface area contributed by atoms with Crippen LogP contribution in [0.4, 0.5) is 0 Å². The third-order valence-corrected chi connectivity index (χ3v) is 10.4. The van der Waals surface area contributed by atoms with Crippen LogP contribution >= 0.6 is 0 Å². The normalized spacial score (nSPS) is 15.2. The van der Waals surface area contributed by atoms with Crippen LogP contribution in [-0.4, -0.2) is 9.97 Å². The molecule has 0 fully saturated rings. The van der Waals surface area contributed by atoms with Crippen LogP contribution in [-0.2, 0) is 5.41 Å². The number of hydrogen-bond acceptors (Lipinski definition) is 2. The lowest BCUT2D eigenvalue weighted by atomic mass is 9.81. The van der Waals surface area contributed by atoms with E-state index in [4.69, 9.17) is 19.6 Å². The maximum atomic E-state index is 9.24. The van der Waals surface area contributed by atoms with Crippen LogP contribution in [0.2, 0.25) is 0 Å². The first kappa shape index (κ1) is 23.0. The summed E-state index contributed by atoms with van der Waals surface area (Å²) in [6.45, 7) is 4.57. The van der Waals surface area contributed by atoms with Gasteiger partial charge < -0.3 is 0 Å². The summed E-state index contributed by atoms with van der Waals surface area (Å²) in [5.41, 5.74) is 8.13. The van der Waals surface area contributed by atoms with Gasteiger partial charge in [0.25, 0.3) is 0 Å². The molecule has 0 saturated carbocycles. The lowest BCUT2D eigenvalue weighted by Crippen LogP contribution is -2.14. The molecule has 8 aromatic carbocycles. The molecular weight excluding hydrogens is 641 g/mol. The molecule has 1 aliphatic carbocycles. The molecule has 1 aliphatic rings. The highest BCUT2D eigenvalue weighted by molar-refractivity contribution is 6.08. The van der Waals surface area contributed by atoms with Gasteiger partial charge in [-0.05, 0) is 84.3 Å². The number of rotatable bonds is 5. The number of nitrogens with zero attached hydrogens (tertiary/aromatic N) is 2. The molecule has 9 aromatic rings. The van der Waals surface area contributed by atoms with E-state index < -0.39 is 59.9 Å². The van der Waals surface area contributed by atoms with Gasteiger partial charge >= 0.3 is 0 Å². The summed E-state index contributed by atoms with van der Waals surface area (Å²) in [6.07, 6.45) is 0. The highest BCUT2D eigenvalue weighted by atomic mass is 14.9. The second-order valence-corrected chi connectivity index (χ2v) is 13.9. The third-order valence-electron chi connectivity index (χ3n) is 10.4. The summed E-state index contributed by atoms with van der Waals surface area (Å²) in [5, 5.41) is 4.31. The smallest absolute Gasteiger partial charge is 0.160 e. The Morgan fingerprint density at radius 3 is 1.83 bits per heavy atom. The van der Waals surface area contributed by atoms with Crippen LogP contribution in [0.25, 0.3) is 88.8 Å². The first-order valence-corrected chi connectivity index (χ1v) is 17.6. The molecule has 1 aromatic heterocycles. The average molecular weight is 686 g/mol. The zero-order chi connectivity index (χ0) is 43.4. The lowest BCUT2D eigenvalue weighted by Gasteiger charge is -2.22. The number of fused-ring (bicyclic) bond motifs is 5. The minimum Gasteiger partial charge on any atom is -0.228 e. The molecule has 2 nitrogen and oxygen atoms in total. The molecule has 2 heteroatoms. The van der Waals surface area contributed by atoms with Crippen molar-refractivity contribution in [2.75, 3.05) is 0 Å². The van der Waals surface area contributed by atoms with Crippen LogP contribution < -0.4 is 0 Å². The quantitative estimate of drug-likeness (QED) is 0.180. The molecule has 0 saturated heterocycles. The fraction of sp³-hybridized carbons (Fsp3) is 0.0588. The van der Waals surface area contributed by atoms with Crippen LogP contribution in [0, 0.1) is 0 Å². The Morgan fingerprint density at radius 1 is 0.434 bits per heavy atom. The molecule has 1 heterocycles. The van der Waals surface area contributed by atoms with Gasteiger partial charge in [-0.1, -0.05) is 177 Å². The van der Waals surface area contributed by atoms with E-state index in [0.29, 0.717) is 17.1 Å². The van der Waals surface area contributed by atoms with E-state index in [-0.39, 0.29) is 22.2 Å². The maximum absolute atomic E-state index is 9.24. The Hall–Kier alpha value is -6.64. The van der Waals surface area contributed by atoms with Gasteiger partial charge in [0.2, 0.25) is 0 Å². The van der Waals surface area contributed by atoms with Gasteiger partial charge in [-0.3, -0.25) is 0 Å². The summed E-state index contributed by atoms with van der Waals surface area (Å²) in [4.78, 5) is 9.92. The number of aromatic nitrogens is 2. The van der Waals surface area contributed by atoms with Crippen molar-refractivity contribution in [3.8, 4) is 67.3 Å². The van der Waals surface area contributed by atoms with Crippen molar-refractivity contribution in [3.05, 3.63) is 193 Å². The molecule has 0 N–H and O–H groups in total. The maximum Gasteiger partial charge on any atom is 0.160 e. The zero-order valence-electron chi connectivity index (χ0n) is 38.0. The number of benzene rings is 8. The van der Waals surface area contributed by atoms with Gasteiger partial charge in [0.1, 0.15) is 0 Å². The van der Waals surface area contributed by atoms with E-state index in [1.165, 1.54) is 33.0 Å². The Balaban J connectivity index is 1.19. The monoisotopic (exact) mass is 685 g/mol. The third kappa shape index (κ3) is 5.18. The highest BCUT2D eigenvalue weighted by Crippen LogP contribution is 2.54. The first-order valence-electron chi connectivity index (χ1n) is 22.1. The van der Waals surface area contributed by atoms with Crippen molar-refractivity contribution in [1.82, 2.24) is 9.97 Å². The van der Waals surface area contributed by atoms with E-state index >= 15 is 0 Å². The minimum atomic E-state index is -0.632. The van der Waals surface area contributed by atoms with Gasteiger partial charge in [0.15, 0.2) is 5.82 Å². The fourth-order valence-electron chi connectivity index (χ4n) is 7.82. The van der Waals surface area contributed by atoms with Crippen LogP contribution in [0.5, 0.6) is 0 Å². The Bertz CT molecular complexity index is 3320. The van der Waals surface area contributed by atoms with Gasteiger partial charge in [-0.2, -0.15) is 0 Å². The molecule has 0 aliphatic heterocycles. The van der Waals surface area contributed by atoms with E-state index in [1.807, 2.05) is 48.5 Å². The summed E-state index contributed by atoms with van der Waals surface area (Å²) in [7, 11) is 0. The summed E-state index contributed by atoms with van der Waals surface area (Å²) in [6, 6.07) is 37.8. The predicted octanol–water partition coefficient (Wildman–Crippen LogP) is 13.4. The molecule has 0 radical (unpaired) electrons. The van der Waals surface area contributed by atoms with Gasteiger partial charge in [0.05, 0.1) is 23.7 Å². The standard InChI is InChI=1S/C51H36N2/c1-51(2)45-23-13-22-43(49(45)44-30-37-18-9-10-19-38(37)31-46(44)51)41-28-29-42(40-21-12-11-20-39(40)41)48-32-47(52-50(53-48)36-16-7-4-8-17-36)35-26-24-34(25-27-35)33-14-5-3-6-15-33/h3-32H,1-2H3/i3D,5D,6D,14D,15D,24D,25D,26D,27D. The van der Waals surface area contributed by atoms with Gasteiger partial charge in [-0.15, -0.1) is 0 Å². The number of hydrogen-bond donors (Lipinski definition) is 0. The fourth-order valence-corrected chi connectivity index (χ4v) is 7.82. The molecule has 0 atom stereocenters. The molecule has 250 valence electrons. The van der Waals surface area contributed by atoms with Crippen LogP contribution in [0.15, 0.2) is 182 Å². The summed E-state index contributed by atoms with van der Waals surface area (Å²) in [5.74, 6) is 0.310. The SMILES string of the molecule is [2H]c1c([2H])c([2H])c(-c2c([2H])c([2H])c(-c3cc(-c4ccc(-c5cccc6c5-c5cc7ccccc7cc5C6(C)C)c5ccccc45)nc(-c4ccccc4)n3)c([2H])c2[2H])c([2H])c1[2H]. The van der Waals surface area contributed by atoms with E-state index in [1.54, 1.807) is 6.07 Å². The van der Waals surface area contributed by atoms with Crippen molar-refractivity contribution in [2.24, 2.45) is 0 Å². The second kappa shape index (κ2) is 12.3. The van der Waals surface area contributed by atoms with Crippen molar-refractivity contribution in [1.29, 1.82) is 0 Å². The predicted molar refractivity (Wildman–Crippen MR) is 222 cm³/mol. The Labute approximate surface area is 322 Å². The van der Waals surface area contributed by atoms with Crippen molar-refractivity contribution in [2.45, 2.75) is 19.3 Å². The molecule has 0 amide bonds. The summed E-state index contributed by atoms with van der Waals surface area (Å²) < 4.78 is 78.2. The van der Waals surface area contributed by atoms with Crippen molar-refractivity contribution < 1.29 is 12.3 Å². The van der Waals surface area contributed by atoms with Gasteiger partial charge in [-0.25, -0.2) is 9.97 Å². The topological polar surface area (TPSA) is 25.8 Å².